The van der Waals surface area contributed by atoms with Crippen molar-refractivity contribution < 1.29 is 19.0 Å². The lowest BCUT2D eigenvalue weighted by atomic mass is 9.94. The maximum absolute atomic E-state index is 13.2. The van der Waals surface area contributed by atoms with Crippen LogP contribution in [0.4, 0.5) is 4.39 Å². The molecule has 0 radical (unpaired) electrons. The molecule has 1 fully saturated rings. The molecule has 1 unspecified atom stereocenters. The summed E-state index contributed by atoms with van der Waals surface area (Å²) in [4.78, 5) is 14.8. The van der Waals surface area contributed by atoms with E-state index in [1.807, 2.05) is 4.90 Å². The van der Waals surface area contributed by atoms with Gasteiger partial charge in [0.05, 0.1) is 13.2 Å². The quantitative estimate of drug-likeness (QED) is 0.929. The molecule has 1 aliphatic heterocycles. The molecular formula is C19H20FNO3. The molecule has 2 aromatic rings. The molecule has 0 bridgehead atoms. The van der Waals surface area contributed by atoms with Crippen LogP contribution in [0.1, 0.15) is 41.2 Å². The second kappa shape index (κ2) is 6.91. The molecule has 5 heteroatoms. The number of hydrogen-bond acceptors (Lipinski definition) is 3. The van der Waals surface area contributed by atoms with E-state index in [0.29, 0.717) is 12.1 Å². The van der Waals surface area contributed by atoms with Gasteiger partial charge in [-0.3, -0.25) is 4.79 Å². The van der Waals surface area contributed by atoms with Gasteiger partial charge in [-0.1, -0.05) is 12.1 Å². The van der Waals surface area contributed by atoms with E-state index in [4.69, 9.17) is 4.74 Å². The van der Waals surface area contributed by atoms with Gasteiger partial charge in [0, 0.05) is 12.1 Å². The van der Waals surface area contributed by atoms with Gasteiger partial charge in [-0.05, 0) is 55.2 Å². The summed E-state index contributed by atoms with van der Waals surface area (Å²) in [7, 11) is 1.45. The molecule has 3 rings (SSSR count). The number of amides is 1. The van der Waals surface area contributed by atoms with Crippen LogP contribution in [0.3, 0.4) is 0 Å². The third kappa shape index (κ3) is 3.20. The molecule has 1 N–H and O–H groups in total. The first-order valence-corrected chi connectivity index (χ1v) is 8.03. The van der Waals surface area contributed by atoms with E-state index < -0.39 is 0 Å². The fourth-order valence-corrected chi connectivity index (χ4v) is 3.18. The first-order valence-electron chi connectivity index (χ1n) is 8.03. The number of hydrogen-bond donors (Lipinski definition) is 1. The van der Waals surface area contributed by atoms with Gasteiger partial charge >= 0.3 is 0 Å². The number of ether oxygens (including phenoxy) is 1. The minimum Gasteiger partial charge on any atom is -0.504 e. The summed E-state index contributed by atoms with van der Waals surface area (Å²) in [5, 5.41) is 9.70. The molecule has 0 saturated carbocycles. The average Bonchev–Trinajstić information content (AvgIpc) is 2.62. The minimum absolute atomic E-state index is 0.00257. The highest BCUT2D eigenvalue weighted by molar-refractivity contribution is 5.95. The van der Waals surface area contributed by atoms with Crippen molar-refractivity contribution >= 4 is 5.91 Å². The molecule has 1 atom stereocenters. The zero-order chi connectivity index (χ0) is 17.1. The molecular weight excluding hydrogens is 309 g/mol. The minimum atomic E-state index is -0.282. The number of carbonyl (C=O) groups excluding carboxylic acids is 1. The van der Waals surface area contributed by atoms with Crippen LogP contribution < -0.4 is 4.74 Å². The molecule has 0 spiro atoms. The number of halogens is 1. The van der Waals surface area contributed by atoms with Crippen LogP contribution in [-0.4, -0.2) is 29.6 Å². The number of phenols is 1. The van der Waals surface area contributed by atoms with Crippen LogP contribution in [0.25, 0.3) is 0 Å². The first-order chi connectivity index (χ1) is 11.6. The normalized spacial score (nSPS) is 17.6. The Labute approximate surface area is 140 Å². The lowest BCUT2D eigenvalue weighted by Gasteiger charge is -2.36. The van der Waals surface area contributed by atoms with E-state index in [-0.39, 0.29) is 29.3 Å². The van der Waals surface area contributed by atoms with E-state index in [1.54, 1.807) is 24.3 Å². The second-order valence-electron chi connectivity index (χ2n) is 5.95. The number of rotatable bonds is 3. The van der Waals surface area contributed by atoms with E-state index in [2.05, 4.69) is 0 Å². The highest BCUT2D eigenvalue weighted by Gasteiger charge is 2.29. The van der Waals surface area contributed by atoms with Crippen LogP contribution in [0.2, 0.25) is 0 Å². The van der Waals surface area contributed by atoms with Crippen LogP contribution in [0.5, 0.6) is 11.5 Å². The van der Waals surface area contributed by atoms with Crippen molar-refractivity contribution in [1.82, 2.24) is 4.90 Å². The van der Waals surface area contributed by atoms with Crippen molar-refractivity contribution in [2.24, 2.45) is 0 Å². The average molecular weight is 329 g/mol. The highest BCUT2D eigenvalue weighted by atomic mass is 19.1. The van der Waals surface area contributed by atoms with Gasteiger partial charge in [-0.15, -0.1) is 0 Å². The van der Waals surface area contributed by atoms with Crippen LogP contribution in [-0.2, 0) is 0 Å². The summed E-state index contributed by atoms with van der Waals surface area (Å²) in [5.41, 5.74) is 1.41. The SMILES string of the molecule is COc1cc(C(=O)N2CCCCC2c2ccc(F)cc2)ccc1O. The summed E-state index contributed by atoms with van der Waals surface area (Å²) in [6.07, 6.45) is 2.83. The van der Waals surface area contributed by atoms with Crippen molar-refractivity contribution in [2.45, 2.75) is 25.3 Å². The zero-order valence-electron chi connectivity index (χ0n) is 13.5. The second-order valence-corrected chi connectivity index (χ2v) is 5.95. The van der Waals surface area contributed by atoms with Gasteiger partial charge in [-0.25, -0.2) is 4.39 Å². The van der Waals surface area contributed by atoms with Gasteiger partial charge in [-0.2, -0.15) is 0 Å². The number of phenolic OH excluding ortho intramolecular Hbond substituents is 1. The molecule has 1 saturated heterocycles. The zero-order valence-corrected chi connectivity index (χ0v) is 13.5. The number of nitrogens with zero attached hydrogens (tertiary/aromatic N) is 1. The third-order valence-electron chi connectivity index (χ3n) is 4.45. The summed E-state index contributed by atoms with van der Waals surface area (Å²) in [6, 6.07) is 10.9. The van der Waals surface area contributed by atoms with Crippen LogP contribution in [0, 0.1) is 5.82 Å². The van der Waals surface area contributed by atoms with Crippen LogP contribution >= 0.6 is 0 Å². The Bertz CT molecular complexity index is 730. The van der Waals surface area contributed by atoms with Crippen molar-refractivity contribution in [2.75, 3.05) is 13.7 Å². The van der Waals surface area contributed by atoms with Gasteiger partial charge in [0.2, 0.25) is 0 Å². The monoisotopic (exact) mass is 329 g/mol. The number of benzene rings is 2. The molecule has 126 valence electrons. The number of likely N-dealkylation sites (tertiary alicyclic amines) is 1. The Morgan fingerprint density at radius 1 is 1.21 bits per heavy atom. The first kappa shape index (κ1) is 16.3. The maximum Gasteiger partial charge on any atom is 0.254 e. The summed E-state index contributed by atoms with van der Waals surface area (Å²) in [5.74, 6) is -0.114. The van der Waals surface area contributed by atoms with Gasteiger partial charge < -0.3 is 14.7 Å². The fraction of sp³-hybridized carbons (Fsp3) is 0.316. The summed E-state index contributed by atoms with van der Waals surface area (Å²) >= 11 is 0. The number of aromatic hydroxyl groups is 1. The Hall–Kier alpha value is -2.56. The Morgan fingerprint density at radius 2 is 1.96 bits per heavy atom. The van der Waals surface area contributed by atoms with Gasteiger partial charge in [0.25, 0.3) is 5.91 Å². The van der Waals surface area contributed by atoms with Crippen LogP contribution in [0.15, 0.2) is 42.5 Å². The van der Waals surface area contributed by atoms with E-state index in [9.17, 15) is 14.3 Å². The molecule has 0 aliphatic carbocycles. The Balaban J connectivity index is 1.90. The fourth-order valence-electron chi connectivity index (χ4n) is 3.18. The standard InChI is InChI=1S/C19H20FNO3/c1-24-18-12-14(7-10-17(18)22)19(23)21-11-3-2-4-16(21)13-5-8-15(20)9-6-13/h5-10,12,16,22H,2-4,11H2,1H3. The molecule has 1 amide bonds. The van der Waals surface area contributed by atoms with E-state index in [1.165, 1.54) is 25.3 Å². The molecule has 1 aliphatic rings. The van der Waals surface area contributed by atoms with Gasteiger partial charge in [0.15, 0.2) is 11.5 Å². The molecule has 0 aromatic heterocycles. The van der Waals surface area contributed by atoms with E-state index in [0.717, 1.165) is 24.8 Å². The smallest absolute Gasteiger partial charge is 0.254 e. The summed E-state index contributed by atoms with van der Waals surface area (Å²) in [6.45, 7) is 0.657. The van der Waals surface area contributed by atoms with Crippen molar-refractivity contribution in [3.63, 3.8) is 0 Å². The van der Waals surface area contributed by atoms with Gasteiger partial charge in [0.1, 0.15) is 5.82 Å². The lowest BCUT2D eigenvalue weighted by Crippen LogP contribution is -2.38. The molecule has 2 aromatic carbocycles. The van der Waals surface area contributed by atoms with Crippen molar-refractivity contribution in [3.05, 3.63) is 59.4 Å². The molecule has 1 heterocycles. The number of piperidine rings is 1. The largest absolute Gasteiger partial charge is 0.504 e. The lowest BCUT2D eigenvalue weighted by molar-refractivity contribution is 0.0611. The molecule has 24 heavy (non-hydrogen) atoms. The number of carbonyl (C=O) groups is 1. The number of methoxy groups -OCH3 is 1. The topological polar surface area (TPSA) is 49.8 Å². The summed E-state index contributed by atoms with van der Waals surface area (Å²) < 4.78 is 18.3. The third-order valence-corrected chi connectivity index (χ3v) is 4.45. The van der Waals surface area contributed by atoms with Crippen molar-refractivity contribution in [3.8, 4) is 11.5 Å². The Morgan fingerprint density at radius 3 is 2.67 bits per heavy atom. The molecule has 4 nitrogen and oxygen atoms in total. The predicted octanol–water partition coefficient (Wildman–Crippen LogP) is 3.91. The van der Waals surface area contributed by atoms with E-state index >= 15 is 0 Å². The highest BCUT2D eigenvalue weighted by Crippen LogP contribution is 2.33. The predicted molar refractivity (Wildman–Crippen MR) is 88.7 cm³/mol. The Kier molecular flexibility index (Phi) is 4.69. The van der Waals surface area contributed by atoms with Crippen molar-refractivity contribution in [1.29, 1.82) is 0 Å². The maximum atomic E-state index is 13.2.